The smallest absolute Gasteiger partial charge is 0.269 e. The van der Waals surface area contributed by atoms with Gasteiger partial charge in [0.2, 0.25) is 5.91 Å². The molecule has 1 aromatic rings. The maximum Gasteiger partial charge on any atom is 0.269 e. The molecule has 0 atom stereocenters. The molecule has 2 N–H and O–H groups in total. The lowest BCUT2D eigenvalue weighted by Gasteiger charge is -2.27. The number of rotatable bonds is 6. The van der Waals surface area contributed by atoms with E-state index in [1.54, 1.807) is 0 Å². The molecule has 1 amide bonds. The van der Waals surface area contributed by atoms with Crippen molar-refractivity contribution in [1.82, 2.24) is 4.90 Å². The zero-order chi connectivity index (χ0) is 15.4. The van der Waals surface area contributed by atoms with Crippen molar-refractivity contribution in [2.24, 2.45) is 5.73 Å². The number of hydrogen-bond donors (Lipinski definition) is 1. The Hall–Kier alpha value is -1.66. The molecule has 21 heavy (non-hydrogen) atoms. The zero-order valence-electron chi connectivity index (χ0n) is 11.6. The van der Waals surface area contributed by atoms with Crippen molar-refractivity contribution < 1.29 is 9.72 Å². The highest BCUT2D eigenvalue weighted by Gasteiger charge is 2.25. The van der Waals surface area contributed by atoms with Crippen LogP contribution in [0.4, 0.5) is 5.69 Å². The van der Waals surface area contributed by atoms with Gasteiger partial charge in [0, 0.05) is 29.7 Å². The van der Waals surface area contributed by atoms with Gasteiger partial charge in [0.05, 0.1) is 11.5 Å². The van der Waals surface area contributed by atoms with Crippen LogP contribution >= 0.6 is 11.6 Å². The average molecular weight is 312 g/mol. The van der Waals surface area contributed by atoms with E-state index in [1.165, 1.54) is 18.2 Å². The van der Waals surface area contributed by atoms with E-state index in [4.69, 9.17) is 17.3 Å². The molecule has 0 saturated heterocycles. The van der Waals surface area contributed by atoms with Crippen molar-refractivity contribution in [1.29, 1.82) is 0 Å². The number of non-ortho nitro benzene ring substituents is 1. The van der Waals surface area contributed by atoms with E-state index < -0.39 is 10.8 Å². The second-order valence-corrected chi connectivity index (χ2v) is 5.75. The predicted octanol–water partition coefficient (Wildman–Crippen LogP) is 2.48. The first kappa shape index (κ1) is 15.7. The van der Waals surface area contributed by atoms with E-state index in [0.29, 0.717) is 17.1 Å². The third-order valence-corrected chi connectivity index (χ3v) is 4.18. The number of carbonyl (C=O) groups excluding carboxylic acids is 1. The number of hydrogen-bond acceptors (Lipinski definition) is 4. The first-order chi connectivity index (χ1) is 9.97. The molecule has 0 heterocycles. The van der Waals surface area contributed by atoms with Gasteiger partial charge in [-0.15, -0.1) is 0 Å². The molecule has 0 bridgehead atoms. The lowest BCUT2D eigenvalue weighted by Crippen LogP contribution is -2.39. The molecule has 114 valence electrons. The normalized spacial score (nSPS) is 15.5. The van der Waals surface area contributed by atoms with Gasteiger partial charge in [0.1, 0.15) is 0 Å². The Morgan fingerprint density at radius 3 is 2.67 bits per heavy atom. The van der Waals surface area contributed by atoms with Crippen LogP contribution < -0.4 is 5.73 Å². The average Bonchev–Trinajstić information content (AvgIpc) is 2.93. The summed E-state index contributed by atoms with van der Waals surface area (Å²) in [6.07, 6.45) is 4.28. The second-order valence-electron chi connectivity index (χ2n) is 5.34. The molecule has 0 unspecified atom stereocenters. The summed E-state index contributed by atoms with van der Waals surface area (Å²) in [6, 6.07) is 4.64. The van der Waals surface area contributed by atoms with Crippen LogP contribution in [0.1, 0.15) is 31.2 Å². The van der Waals surface area contributed by atoms with E-state index in [1.807, 2.05) is 4.90 Å². The molecule has 0 aliphatic heterocycles. The van der Waals surface area contributed by atoms with Crippen LogP contribution in [0.25, 0.3) is 0 Å². The monoisotopic (exact) mass is 311 g/mol. The van der Waals surface area contributed by atoms with Gasteiger partial charge in [-0.3, -0.25) is 19.8 Å². The van der Waals surface area contributed by atoms with Gasteiger partial charge in [0.25, 0.3) is 5.69 Å². The minimum Gasteiger partial charge on any atom is -0.369 e. The number of benzene rings is 1. The Morgan fingerprint density at radius 1 is 1.43 bits per heavy atom. The first-order valence-electron chi connectivity index (χ1n) is 6.92. The predicted molar refractivity (Wildman–Crippen MR) is 80.0 cm³/mol. The van der Waals surface area contributed by atoms with E-state index in [-0.39, 0.29) is 18.3 Å². The van der Waals surface area contributed by atoms with E-state index in [2.05, 4.69) is 0 Å². The molecule has 0 radical (unpaired) electrons. The summed E-state index contributed by atoms with van der Waals surface area (Å²) in [5, 5.41) is 11.3. The maximum atomic E-state index is 11.3. The number of nitro benzene ring substituents is 1. The second kappa shape index (κ2) is 6.87. The van der Waals surface area contributed by atoms with E-state index in [9.17, 15) is 14.9 Å². The van der Waals surface area contributed by atoms with Crippen molar-refractivity contribution in [3.05, 3.63) is 38.9 Å². The fraction of sp³-hybridized carbons (Fsp3) is 0.500. The van der Waals surface area contributed by atoms with Crippen molar-refractivity contribution in [2.45, 2.75) is 38.3 Å². The molecule has 2 rings (SSSR count). The molecule has 0 spiro atoms. The lowest BCUT2D eigenvalue weighted by molar-refractivity contribution is -0.384. The molecular weight excluding hydrogens is 294 g/mol. The number of primary amides is 1. The maximum absolute atomic E-state index is 11.3. The van der Waals surface area contributed by atoms with Crippen LogP contribution in [0.3, 0.4) is 0 Å². The van der Waals surface area contributed by atoms with Crippen molar-refractivity contribution in [3.63, 3.8) is 0 Å². The SMILES string of the molecule is NC(=O)CN(Cc1cc([N+](=O)[O-])ccc1Cl)C1CCCC1. The molecule has 0 aromatic heterocycles. The fourth-order valence-corrected chi connectivity index (χ4v) is 2.98. The highest BCUT2D eigenvalue weighted by Crippen LogP contribution is 2.28. The Bertz CT molecular complexity index is 544. The topological polar surface area (TPSA) is 89.5 Å². The van der Waals surface area contributed by atoms with Gasteiger partial charge in [-0.2, -0.15) is 0 Å². The van der Waals surface area contributed by atoms with Crippen molar-refractivity contribution in [3.8, 4) is 0 Å². The number of halogens is 1. The molecule has 1 aliphatic carbocycles. The molecular formula is C14H18ClN3O3. The van der Waals surface area contributed by atoms with Crippen molar-refractivity contribution in [2.75, 3.05) is 6.54 Å². The van der Waals surface area contributed by atoms with E-state index in [0.717, 1.165) is 25.7 Å². The summed E-state index contributed by atoms with van der Waals surface area (Å²) in [5.41, 5.74) is 5.96. The Morgan fingerprint density at radius 2 is 2.10 bits per heavy atom. The van der Waals surface area contributed by atoms with Gasteiger partial charge in [0.15, 0.2) is 0 Å². The van der Waals surface area contributed by atoms with Gasteiger partial charge >= 0.3 is 0 Å². The number of carbonyl (C=O) groups is 1. The van der Waals surface area contributed by atoms with Crippen LogP contribution in [-0.2, 0) is 11.3 Å². The molecule has 6 nitrogen and oxygen atoms in total. The summed E-state index contributed by atoms with van der Waals surface area (Å²) in [4.78, 5) is 23.6. The molecule has 1 saturated carbocycles. The summed E-state index contributed by atoms with van der Waals surface area (Å²) >= 11 is 6.12. The summed E-state index contributed by atoms with van der Waals surface area (Å²) in [5.74, 6) is -0.400. The minimum absolute atomic E-state index is 0.000142. The Kier molecular flexibility index (Phi) is 5.14. The van der Waals surface area contributed by atoms with Crippen molar-refractivity contribution >= 4 is 23.2 Å². The number of nitrogens with zero attached hydrogens (tertiary/aromatic N) is 2. The highest BCUT2D eigenvalue weighted by molar-refractivity contribution is 6.31. The van der Waals surface area contributed by atoms with Crippen LogP contribution in [0.5, 0.6) is 0 Å². The number of amides is 1. The molecule has 1 aromatic carbocycles. The number of nitro groups is 1. The summed E-state index contributed by atoms with van der Waals surface area (Å²) in [6.45, 7) is 0.539. The fourth-order valence-electron chi connectivity index (χ4n) is 2.80. The summed E-state index contributed by atoms with van der Waals surface area (Å²) in [7, 11) is 0. The van der Waals surface area contributed by atoms with Crippen LogP contribution in [-0.4, -0.2) is 28.3 Å². The lowest BCUT2D eigenvalue weighted by atomic mass is 10.1. The van der Waals surface area contributed by atoms with Crippen LogP contribution in [0.2, 0.25) is 5.02 Å². The van der Waals surface area contributed by atoms with Gasteiger partial charge in [-0.1, -0.05) is 24.4 Å². The number of nitrogens with two attached hydrogens (primary N) is 1. The summed E-state index contributed by atoms with van der Waals surface area (Å²) < 4.78 is 0. The molecule has 1 aliphatic rings. The van der Waals surface area contributed by atoms with Crippen LogP contribution in [0.15, 0.2) is 18.2 Å². The molecule has 7 heteroatoms. The minimum atomic E-state index is -0.451. The quantitative estimate of drug-likeness (QED) is 0.645. The molecule has 1 fully saturated rings. The first-order valence-corrected chi connectivity index (χ1v) is 7.30. The van der Waals surface area contributed by atoms with Gasteiger partial charge in [-0.25, -0.2) is 0 Å². The zero-order valence-corrected chi connectivity index (χ0v) is 12.4. The third kappa shape index (κ3) is 4.15. The third-order valence-electron chi connectivity index (χ3n) is 3.81. The van der Waals surface area contributed by atoms with Gasteiger partial charge in [-0.05, 0) is 24.5 Å². The highest BCUT2D eigenvalue weighted by atomic mass is 35.5. The Labute approximate surface area is 128 Å². The Balaban J connectivity index is 2.20. The van der Waals surface area contributed by atoms with Gasteiger partial charge < -0.3 is 5.73 Å². The standard InChI is InChI=1S/C14H18ClN3O3/c15-13-6-5-12(18(20)21)7-10(13)8-17(9-14(16)19)11-3-1-2-4-11/h5-7,11H,1-4,8-9H2,(H2,16,19). The largest absolute Gasteiger partial charge is 0.369 e. The van der Waals surface area contributed by atoms with E-state index >= 15 is 0 Å². The van der Waals surface area contributed by atoms with Crippen LogP contribution in [0, 0.1) is 10.1 Å².